The topological polar surface area (TPSA) is 38.3 Å². The van der Waals surface area contributed by atoms with Crippen molar-refractivity contribution in [1.82, 2.24) is 5.32 Å². The zero-order valence-electron chi connectivity index (χ0n) is 7.18. The highest BCUT2D eigenvalue weighted by Gasteiger charge is 2.14. The molecule has 0 aliphatic carbocycles. The molecule has 0 fully saturated rings. The van der Waals surface area contributed by atoms with Gasteiger partial charge in [-0.15, -0.1) is 6.58 Å². The van der Waals surface area contributed by atoms with Gasteiger partial charge in [-0.25, -0.2) is 4.79 Å². The smallest absolute Gasteiger partial charge is 0.408 e. The van der Waals surface area contributed by atoms with Gasteiger partial charge in [0, 0.05) is 0 Å². The van der Waals surface area contributed by atoms with Crippen molar-refractivity contribution in [3.05, 3.63) is 19.2 Å². The molecular weight excluding hydrogens is 142 g/mol. The summed E-state index contributed by atoms with van der Waals surface area (Å²) in [5.74, 6) is 0. The Morgan fingerprint density at radius 3 is 2.45 bits per heavy atom. The third-order valence-corrected chi connectivity index (χ3v) is 0.718. The Bertz CT molecular complexity index is 147. The summed E-state index contributed by atoms with van der Waals surface area (Å²) in [5.41, 5.74) is -0.445. The first-order valence-electron chi connectivity index (χ1n) is 3.39. The van der Waals surface area contributed by atoms with Crippen LogP contribution in [0.3, 0.4) is 0 Å². The Kier molecular flexibility index (Phi) is 3.65. The van der Waals surface area contributed by atoms with Gasteiger partial charge in [-0.2, -0.15) is 0 Å². The predicted molar refractivity (Wildman–Crippen MR) is 43.9 cm³/mol. The van der Waals surface area contributed by atoms with E-state index in [1.165, 1.54) is 12.6 Å². The van der Waals surface area contributed by atoms with E-state index in [4.69, 9.17) is 4.74 Å². The predicted octanol–water partition coefficient (Wildman–Crippen LogP) is 1.86. The van der Waals surface area contributed by atoms with Crippen LogP contribution in [0.4, 0.5) is 4.79 Å². The van der Waals surface area contributed by atoms with Crippen LogP contribution in [0, 0.1) is 6.54 Å². The van der Waals surface area contributed by atoms with E-state index in [9.17, 15) is 4.79 Å². The molecule has 0 aliphatic heterocycles. The van der Waals surface area contributed by atoms with Crippen LogP contribution in [0.15, 0.2) is 12.7 Å². The molecule has 63 valence electrons. The van der Waals surface area contributed by atoms with E-state index >= 15 is 0 Å². The van der Waals surface area contributed by atoms with Crippen LogP contribution in [0.5, 0.6) is 0 Å². The Morgan fingerprint density at radius 2 is 2.09 bits per heavy atom. The molecule has 1 N–H and O–H groups in total. The van der Waals surface area contributed by atoms with Crippen LogP contribution in [0.25, 0.3) is 0 Å². The number of ether oxygens (including phenoxy) is 1. The van der Waals surface area contributed by atoms with E-state index in [0.717, 1.165) is 0 Å². The third kappa shape index (κ3) is 6.90. The highest BCUT2D eigenvalue weighted by atomic mass is 16.6. The average molecular weight is 156 g/mol. The minimum Gasteiger partial charge on any atom is -0.444 e. The van der Waals surface area contributed by atoms with Crippen molar-refractivity contribution >= 4 is 6.09 Å². The number of amides is 1. The molecule has 3 heteroatoms. The molecule has 0 saturated carbocycles. The van der Waals surface area contributed by atoms with Crippen LogP contribution >= 0.6 is 0 Å². The van der Waals surface area contributed by atoms with Gasteiger partial charge in [0.25, 0.3) is 0 Å². The highest BCUT2D eigenvalue weighted by Crippen LogP contribution is 2.06. The number of nitrogens with one attached hydrogen (secondary N) is 1. The molecule has 0 rings (SSSR count). The summed E-state index contributed by atoms with van der Waals surface area (Å²) in [6, 6.07) is 0. The third-order valence-electron chi connectivity index (χ3n) is 0.718. The maximum Gasteiger partial charge on any atom is 0.408 e. The number of hydrogen-bond donors (Lipinski definition) is 1. The minimum absolute atomic E-state index is 0.445. The van der Waals surface area contributed by atoms with Crippen molar-refractivity contribution in [2.45, 2.75) is 26.4 Å². The van der Waals surface area contributed by atoms with Gasteiger partial charge in [-0.1, -0.05) is 6.08 Å². The molecule has 0 unspecified atom stereocenters. The molecule has 0 bridgehead atoms. The molecule has 1 amide bonds. The monoisotopic (exact) mass is 156 g/mol. The second kappa shape index (κ2) is 4.01. The summed E-state index contributed by atoms with van der Waals surface area (Å²) in [6.45, 7) is 10.2. The second-order valence-electron chi connectivity index (χ2n) is 3.05. The minimum atomic E-state index is -0.461. The SMILES string of the molecule is C=C[CH]NC(=O)OC(C)(C)C. The molecule has 0 aromatic rings. The number of hydrogen-bond acceptors (Lipinski definition) is 2. The molecule has 0 atom stereocenters. The first-order valence-corrected chi connectivity index (χ1v) is 3.39. The molecule has 3 nitrogen and oxygen atoms in total. The van der Waals surface area contributed by atoms with Gasteiger partial charge in [-0.3, -0.25) is 0 Å². The Hall–Kier alpha value is -0.990. The summed E-state index contributed by atoms with van der Waals surface area (Å²) >= 11 is 0. The van der Waals surface area contributed by atoms with Gasteiger partial charge in [0.05, 0.1) is 6.54 Å². The van der Waals surface area contributed by atoms with E-state index in [1.807, 2.05) is 0 Å². The summed E-state index contributed by atoms with van der Waals surface area (Å²) in [7, 11) is 0. The van der Waals surface area contributed by atoms with Crippen molar-refractivity contribution < 1.29 is 9.53 Å². The first kappa shape index (κ1) is 10.0. The molecule has 11 heavy (non-hydrogen) atoms. The molecule has 0 aromatic heterocycles. The lowest BCUT2D eigenvalue weighted by Crippen LogP contribution is -2.30. The van der Waals surface area contributed by atoms with Gasteiger partial charge >= 0.3 is 6.09 Å². The van der Waals surface area contributed by atoms with Gasteiger partial charge in [0.1, 0.15) is 5.60 Å². The van der Waals surface area contributed by atoms with Crippen molar-refractivity contribution in [3.63, 3.8) is 0 Å². The highest BCUT2D eigenvalue weighted by molar-refractivity contribution is 5.68. The fraction of sp³-hybridized carbons (Fsp3) is 0.500. The van der Waals surface area contributed by atoms with E-state index < -0.39 is 11.7 Å². The Morgan fingerprint density at radius 1 is 1.55 bits per heavy atom. The quantitative estimate of drug-likeness (QED) is 0.662. The Labute approximate surface area is 67.4 Å². The zero-order chi connectivity index (χ0) is 8.91. The molecule has 0 spiro atoms. The van der Waals surface area contributed by atoms with Gasteiger partial charge in [0.15, 0.2) is 0 Å². The molecule has 0 heterocycles. The molecule has 0 saturated heterocycles. The largest absolute Gasteiger partial charge is 0.444 e. The van der Waals surface area contributed by atoms with E-state index in [0.29, 0.717) is 0 Å². The average Bonchev–Trinajstić information content (AvgIpc) is 1.79. The lowest BCUT2D eigenvalue weighted by Gasteiger charge is -2.19. The van der Waals surface area contributed by atoms with E-state index in [1.54, 1.807) is 20.8 Å². The van der Waals surface area contributed by atoms with Crippen molar-refractivity contribution in [3.8, 4) is 0 Å². The Balaban J connectivity index is 3.61. The fourth-order valence-corrected chi connectivity index (χ4v) is 0.435. The molecule has 1 radical (unpaired) electrons. The maximum atomic E-state index is 10.8. The first-order chi connectivity index (χ1) is 4.95. The summed E-state index contributed by atoms with van der Waals surface area (Å²) in [5, 5.41) is 2.38. The molecular formula is C8H14NO2. The van der Waals surface area contributed by atoms with Crippen molar-refractivity contribution in [2.75, 3.05) is 0 Å². The number of rotatable bonds is 2. The number of alkyl carbamates (subject to hydrolysis) is 1. The van der Waals surface area contributed by atoms with Crippen LogP contribution < -0.4 is 5.32 Å². The van der Waals surface area contributed by atoms with Crippen molar-refractivity contribution in [1.29, 1.82) is 0 Å². The second-order valence-corrected chi connectivity index (χ2v) is 3.05. The number of carbonyl (C=O) groups is 1. The summed E-state index contributed by atoms with van der Waals surface area (Å²) in [6.07, 6.45) is 1.02. The van der Waals surface area contributed by atoms with Gasteiger partial charge < -0.3 is 10.1 Å². The van der Waals surface area contributed by atoms with Crippen LogP contribution in [-0.4, -0.2) is 11.7 Å². The molecule has 0 aliphatic rings. The summed E-state index contributed by atoms with van der Waals surface area (Å²) in [4.78, 5) is 10.8. The van der Waals surface area contributed by atoms with Crippen LogP contribution in [0.2, 0.25) is 0 Å². The lowest BCUT2D eigenvalue weighted by atomic mass is 10.2. The van der Waals surface area contributed by atoms with E-state index in [2.05, 4.69) is 11.9 Å². The normalized spacial score (nSPS) is 10.5. The van der Waals surface area contributed by atoms with Crippen LogP contribution in [-0.2, 0) is 4.74 Å². The molecule has 0 aromatic carbocycles. The van der Waals surface area contributed by atoms with Crippen LogP contribution in [0.1, 0.15) is 20.8 Å². The summed E-state index contributed by atoms with van der Waals surface area (Å²) < 4.78 is 4.91. The van der Waals surface area contributed by atoms with E-state index in [-0.39, 0.29) is 0 Å². The standard InChI is InChI=1S/C8H14NO2/c1-5-6-9-7(10)11-8(2,3)4/h5-6H,1H2,2-4H3,(H,9,10). The fourth-order valence-electron chi connectivity index (χ4n) is 0.435. The maximum absolute atomic E-state index is 10.8. The zero-order valence-corrected chi connectivity index (χ0v) is 7.18. The number of carbonyl (C=O) groups excluding carboxylic acids is 1. The van der Waals surface area contributed by atoms with Gasteiger partial charge in [-0.05, 0) is 20.8 Å². The van der Waals surface area contributed by atoms with Gasteiger partial charge in [0.2, 0.25) is 0 Å². The lowest BCUT2D eigenvalue weighted by molar-refractivity contribution is 0.0546. The van der Waals surface area contributed by atoms with Crippen molar-refractivity contribution in [2.24, 2.45) is 0 Å².